The van der Waals surface area contributed by atoms with Gasteiger partial charge < -0.3 is 10.1 Å². The molecule has 0 aromatic carbocycles. The molecule has 3 N–H and O–H groups in total. The summed E-state index contributed by atoms with van der Waals surface area (Å²) in [5.41, 5.74) is -0.319. The van der Waals surface area contributed by atoms with E-state index in [4.69, 9.17) is 4.74 Å². The molecule has 1 aromatic rings. The number of urea groups is 1. The number of H-pyrrole nitrogens is 1. The fourth-order valence-electron chi connectivity index (χ4n) is 0.841. The number of ether oxygens (including phenoxy) is 1. The number of anilines is 1. The summed E-state index contributed by atoms with van der Waals surface area (Å²) in [4.78, 5) is 21.8. The van der Waals surface area contributed by atoms with Gasteiger partial charge in [0.15, 0.2) is 5.82 Å². The van der Waals surface area contributed by atoms with Crippen LogP contribution in [0.5, 0.6) is 0 Å². The quantitative estimate of drug-likeness (QED) is 0.588. The van der Waals surface area contributed by atoms with E-state index in [0.717, 1.165) is 0 Å². The SMILES string of the molecule is COCCNC(=O)Nc1ccc(=O)[nH]n1. The largest absolute Gasteiger partial charge is 0.383 e. The highest BCUT2D eigenvalue weighted by Gasteiger charge is 2.00. The number of carbonyl (C=O) groups excluding carboxylic acids is 1. The molecule has 0 aliphatic rings. The molecule has 7 heteroatoms. The Kier molecular flexibility index (Phi) is 4.30. The molecule has 0 bridgehead atoms. The summed E-state index contributed by atoms with van der Waals surface area (Å²) in [6.45, 7) is 0.845. The van der Waals surface area contributed by atoms with Gasteiger partial charge in [0.25, 0.3) is 5.56 Å². The van der Waals surface area contributed by atoms with Crippen molar-refractivity contribution >= 4 is 11.8 Å². The summed E-state index contributed by atoms with van der Waals surface area (Å²) in [6, 6.07) is 2.29. The molecule has 15 heavy (non-hydrogen) atoms. The number of carbonyl (C=O) groups is 1. The molecular formula is C8H12N4O3. The van der Waals surface area contributed by atoms with Crippen molar-refractivity contribution in [3.63, 3.8) is 0 Å². The van der Waals surface area contributed by atoms with E-state index < -0.39 is 6.03 Å². The number of amides is 2. The second-order valence-electron chi connectivity index (χ2n) is 2.68. The first kappa shape index (κ1) is 11.2. The van der Waals surface area contributed by atoms with E-state index >= 15 is 0 Å². The van der Waals surface area contributed by atoms with Gasteiger partial charge in [-0.1, -0.05) is 0 Å². The summed E-state index contributed by atoms with van der Waals surface area (Å²) in [5, 5.41) is 10.8. The first-order chi connectivity index (χ1) is 7.22. The molecule has 7 nitrogen and oxygen atoms in total. The lowest BCUT2D eigenvalue weighted by atomic mass is 10.5. The van der Waals surface area contributed by atoms with Gasteiger partial charge in [0.05, 0.1) is 6.61 Å². The topological polar surface area (TPSA) is 96.1 Å². The Balaban J connectivity index is 2.37. The highest BCUT2D eigenvalue weighted by molar-refractivity contribution is 5.87. The molecule has 0 aliphatic carbocycles. The molecule has 0 atom stereocenters. The van der Waals surface area contributed by atoms with Crippen LogP contribution in [0.2, 0.25) is 0 Å². The van der Waals surface area contributed by atoms with Gasteiger partial charge in [0, 0.05) is 19.7 Å². The normalized spacial score (nSPS) is 9.67. The zero-order chi connectivity index (χ0) is 11.1. The maximum atomic E-state index is 11.2. The summed E-state index contributed by atoms with van der Waals surface area (Å²) in [7, 11) is 1.54. The van der Waals surface area contributed by atoms with Crippen molar-refractivity contribution in [1.29, 1.82) is 0 Å². The highest BCUT2D eigenvalue weighted by Crippen LogP contribution is 1.94. The predicted molar refractivity (Wildman–Crippen MR) is 53.8 cm³/mol. The van der Waals surface area contributed by atoms with Crippen molar-refractivity contribution in [3.8, 4) is 0 Å². The van der Waals surface area contributed by atoms with E-state index in [0.29, 0.717) is 13.2 Å². The maximum absolute atomic E-state index is 11.2. The number of hydrogen-bond acceptors (Lipinski definition) is 4. The van der Waals surface area contributed by atoms with Crippen LogP contribution >= 0.6 is 0 Å². The van der Waals surface area contributed by atoms with Crippen LogP contribution in [0.4, 0.5) is 10.6 Å². The number of nitrogens with one attached hydrogen (secondary N) is 3. The summed E-state index contributed by atoms with van der Waals surface area (Å²) < 4.78 is 4.75. The Morgan fingerprint density at radius 2 is 2.40 bits per heavy atom. The third-order valence-electron chi connectivity index (χ3n) is 1.51. The first-order valence-electron chi connectivity index (χ1n) is 4.32. The lowest BCUT2D eigenvalue weighted by Gasteiger charge is -2.05. The van der Waals surface area contributed by atoms with Crippen LogP contribution < -0.4 is 16.2 Å². The molecule has 1 aromatic heterocycles. The van der Waals surface area contributed by atoms with E-state index in [2.05, 4.69) is 20.8 Å². The Bertz CT molecular complexity index is 356. The Morgan fingerprint density at radius 1 is 1.60 bits per heavy atom. The van der Waals surface area contributed by atoms with Crippen LogP contribution in [-0.4, -0.2) is 36.5 Å². The van der Waals surface area contributed by atoms with E-state index in [1.54, 1.807) is 7.11 Å². The van der Waals surface area contributed by atoms with Gasteiger partial charge in [-0.3, -0.25) is 10.1 Å². The Hall–Kier alpha value is -1.89. The van der Waals surface area contributed by atoms with E-state index in [1.165, 1.54) is 12.1 Å². The molecule has 1 heterocycles. The van der Waals surface area contributed by atoms with Gasteiger partial charge in [-0.15, -0.1) is 0 Å². The van der Waals surface area contributed by atoms with Crippen molar-refractivity contribution in [2.45, 2.75) is 0 Å². The smallest absolute Gasteiger partial charge is 0.320 e. The number of nitrogens with zero attached hydrogens (tertiary/aromatic N) is 1. The fourth-order valence-corrected chi connectivity index (χ4v) is 0.841. The van der Waals surface area contributed by atoms with Crippen LogP contribution in [0.25, 0.3) is 0 Å². The minimum absolute atomic E-state index is 0.282. The van der Waals surface area contributed by atoms with E-state index in [9.17, 15) is 9.59 Å². The fraction of sp³-hybridized carbons (Fsp3) is 0.375. The van der Waals surface area contributed by atoms with Gasteiger partial charge in [-0.25, -0.2) is 9.89 Å². The minimum atomic E-state index is -0.397. The van der Waals surface area contributed by atoms with Gasteiger partial charge in [-0.05, 0) is 6.07 Å². The number of aromatic amines is 1. The third kappa shape index (κ3) is 4.23. The monoisotopic (exact) mass is 212 g/mol. The Morgan fingerprint density at radius 3 is 3.00 bits per heavy atom. The predicted octanol–water partition coefficient (Wildman–Crippen LogP) is -0.462. The standard InChI is InChI=1S/C8H12N4O3/c1-15-5-4-9-8(14)10-6-2-3-7(13)12-11-6/h2-3H,4-5H2,1H3,(H,12,13)(H2,9,10,11,14). The van der Waals surface area contributed by atoms with Crippen molar-refractivity contribution in [2.24, 2.45) is 0 Å². The molecule has 0 aliphatic heterocycles. The van der Waals surface area contributed by atoms with Gasteiger partial charge in [0.1, 0.15) is 0 Å². The van der Waals surface area contributed by atoms with Crippen LogP contribution in [-0.2, 0) is 4.74 Å². The van der Waals surface area contributed by atoms with Gasteiger partial charge in [0.2, 0.25) is 0 Å². The Labute approximate surface area is 85.8 Å². The molecule has 2 amide bonds. The van der Waals surface area contributed by atoms with Gasteiger partial charge >= 0.3 is 6.03 Å². The van der Waals surface area contributed by atoms with Crippen LogP contribution in [0, 0.1) is 0 Å². The van der Waals surface area contributed by atoms with Crippen molar-refractivity contribution in [2.75, 3.05) is 25.6 Å². The van der Waals surface area contributed by atoms with Crippen LogP contribution in [0.3, 0.4) is 0 Å². The summed E-state index contributed by atoms with van der Waals surface area (Å²) >= 11 is 0. The van der Waals surface area contributed by atoms with Crippen molar-refractivity contribution in [1.82, 2.24) is 15.5 Å². The molecule has 0 radical (unpaired) electrons. The highest BCUT2D eigenvalue weighted by atomic mass is 16.5. The summed E-state index contributed by atoms with van der Waals surface area (Å²) in [5.74, 6) is 0.282. The number of rotatable bonds is 4. The second-order valence-corrected chi connectivity index (χ2v) is 2.68. The molecule has 0 spiro atoms. The van der Waals surface area contributed by atoms with Crippen LogP contribution in [0.1, 0.15) is 0 Å². The molecule has 0 saturated carbocycles. The third-order valence-corrected chi connectivity index (χ3v) is 1.51. The number of hydrogen-bond donors (Lipinski definition) is 3. The average Bonchev–Trinajstić information content (AvgIpc) is 2.22. The average molecular weight is 212 g/mol. The zero-order valence-corrected chi connectivity index (χ0v) is 8.24. The lowest BCUT2D eigenvalue weighted by molar-refractivity contribution is 0.198. The number of methoxy groups -OCH3 is 1. The van der Waals surface area contributed by atoms with Crippen LogP contribution in [0.15, 0.2) is 16.9 Å². The molecule has 0 fully saturated rings. The second kappa shape index (κ2) is 5.76. The molecular weight excluding hydrogens is 200 g/mol. The minimum Gasteiger partial charge on any atom is -0.383 e. The van der Waals surface area contributed by atoms with Gasteiger partial charge in [-0.2, -0.15) is 5.10 Å². The molecule has 1 rings (SSSR count). The molecule has 0 unspecified atom stereocenters. The molecule has 0 saturated heterocycles. The first-order valence-corrected chi connectivity index (χ1v) is 4.32. The summed E-state index contributed by atoms with van der Waals surface area (Å²) in [6.07, 6.45) is 0. The zero-order valence-electron chi connectivity index (χ0n) is 8.24. The van der Waals surface area contributed by atoms with E-state index in [-0.39, 0.29) is 11.4 Å². The maximum Gasteiger partial charge on any atom is 0.320 e. The lowest BCUT2D eigenvalue weighted by Crippen LogP contribution is -2.31. The molecule has 82 valence electrons. The number of aromatic nitrogens is 2. The van der Waals surface area contributed by atoms with Crippen molar-refractivity contribution < 1.29 is 9.53 Å². The van der Waals surface area contributed by atoms with Crippen molar-refractivity contribution in [3.05, 3.63) is 22.5 Å². The van der Waals surface area contributed by atoms with E-state index in [1.807, 2.05) is 0 Å².